The van der Waals surface area contributed by atoms with Gasteiger partial charge in [0.25, 0.3) is 0 Å². The molecule has 1 unspecified atom stereocenters. The fraction of sp³-hybridized carbons (Fsp3) is 0.231. The van der Waals surface area contributed by atoms with Gasteiger partial charge in [-0.15, -0.1) is 4.99 Å². The highest BCUT2D eigenvalue weighted by atomic mass is 32.2. The van der Waals surface area contributed by atoms with Gasteiger partial charge < -0.3 is 15.0 Å². The molecule has 35 heavy (non-hydrogen) atoms. The molecule has 0 radical (unpaired) electrons. The van der Waals surface area contributed by atoms with E-state index in [1.165, 1.54) is 4.31 Å². The number of hydrogen-bond acceptors (Lipinski definition) is 5. The molecule has 1 aliphatic rings. The average Bonchev–Trinajstić information content (AvgIpc) is 2.90. The van der Waals surface area contributed by atoms with Gasteiger partial charge in [0.2, 0.25) is 22.2 Å². The minimum atomic E-state index is -3.79. The molecule has 1 heterocycles. The standard InChI is InChI=1S/C26H27N5O3S/c1-20-8-6-7-11-24(20)29-26(28-19-27)30-16-17-31(25(18-30)21-9-4-3-5-10-21)35(32,33)23-14-12-22(34-2)13-15-23/h3-15,25H,16-18H2,1-2H3,(H,28,29). The fourth-order valence-electron chi connectivity index (χ4n) is 4.13. The van der Waals surface area contributed by atoms with Gasteiger partial charge in [0.1, 0.15) is 5.75 Å². The smallest absolute Gasteiger partial charge is 0.243 e. The highest BCUT2D eigenvalue weighted by molar-refractivity contribution is 7.89. The van der Waals surface area contributed by atoms with Crippen molar-refractivity contribution in [1.82, 2.24) is 9.21 Å². The largest absolute Gasteiger partial charge is 0.497 e. The van der Waals surface area contributed by atoms with Gasteiger partial charge in [0, 0.05) is 25.3 Å². The van der Waals surface area contributed by atoms with Crippen LogP contribution in [0.2, 0.25) is 0 Å². The summed E-state index contributed by atoms with van der Waals surface area (Å²) >= 11 is 0. The van der Waals surface area contributed by atoms with Crippen molar-refractivity contribution in [3.05, 3.63) is 90.0 Å². The third-order valence-electron chi connectivity index (χ3n) is 6.03. The number of methoxy groups -OCH3 is 1. The zero-order valence-electron chi connectivity index (χ0n) is 19.6. The Labute approximate surface area is 206 Å². The summed E-state index contributed by atoms with van der Waals surface area (Å²) < 4.78 is 34.1. The van der Waals surface area contributed by atoms with Crippen LogP contribution in [0.25, 0.3) is 0 Å². The van der Waals surface area contributed by atoms with Crippen LogP contribution >= 0.6 is 0 Å². The molecule has 1 saturated heterocycles. The van der Waals surface area contributed by atoms with E-state index in [1.807, 2.05) is 72.6 Å². The second kappa shape index (κ2) is 10.6. The lowest BCUT2D eigenvalue weighted by Crippen LogP contribution is -2.53. The topological polar surface area (TPSA) is 98.0 Å². The SMILES string of the molecule is COc1ccc(S(=O)(=O)N2CCN(/C(=N\C#N)Nc3ccccc3C)CC2c2ccccc2)cc1. The number of rotatable bonds is 5. The van der Waals surface area contributed by atoms with E-state index in [0.29, 0.717) is 24.8 Å². The van der Waals surface area contributed by atoms with Crippen LogP contribution in [0.15, 0.2) is 88.8 Å². The predicted octanol–water partition coefficient (Wildman–Crippen LogP) is 4.00. The first-order chi connectivity index (χ1) is 16.9. The summed E-state index contributed by atoms with van der Waals surface area (Å²) in [6.45, 7) is 2.91. The molecule has 4 rings (SSSR count). The predicted molar refractivity (Wildman–Crippen MR) is 135 cm³/mol. The maximum Gasteiger partial charge on any atom is 0.243 e. The fourth-order valence-corrected chi connectivity index (χ4v) is 5.73. The van der Waals surface area contributed by atoms with E-state index in [9.17, 15) is 13.7 Å². The zero-order valence-corrected chi connectivity index (χ0v) is 20.4. The van der Waals surface area contributed by atoms with Crippen molar-refractivity contribution >= 4 is 21.7 Å². The van der Waals surface area contributed by atoms with Crippen LogP contribution in [0.1, 0.15) is 17.2 Å². The highest BCUT2D eigenvalue weighted by Gasteiger charge is 2.38. The lowest BCUT2D eigenvalue weighted by atomic mass is 10.0. The van der Waals surface area contributed by atoms with E-state index in [2.05, 4.69) is 10.3 Å². The summed E-state index contributed by atoms with van der Waals surface area (Å²) in [5.41, 5.74) is 2.71. The number of para-hydroxylation sites is 1. The molecule has 1 aliphatic heterocycles. The molecule has 1 fully saturated rings. The number of nitrogens with one attached hydrogen (secondary N) is 1. The summed E-state index contributed by atoms with van der Waals surface area (Å²) in [6.07, 6.45) is 1.88. The van der Waals surface area contributed by atoms with Crippen LogP contribution in [-0.4, -0.2) is 50.3 Å². The van der Waals surface area contributed by atoms with Gasteiger partial charge >= 0.3 is 0 Å². The van der Waals surface area contributed by atoms with Crippen molar-refractivity contribution in [2.24, 2.45) is 4.99 Å². The van der Waals surface area contributed by atoms with Crippen molar-refractivity contribution in [1.29, 1.82) is 5.26 Å². The minimum absolute atomic E-state index is 0.205. The van der Waals surface area contributed by atoms with Crippen LogP contribution in [-0.2, 0) is 10.0 Å². The van der Waals surface area contributed by atoms with Crippen molar-refractivity contribution < 1.29 is 13.2 Å². The Kier molecular flexibility index (Phi) is 7.34. The quantitative estimate of drug-likeness (QED) is 0.331. The zero-order chi connectivity index (χ0) is 24.8. The van der Waals surface area contributed by atoms with Crippen LogP contribution in [0.3, 0.4) is 0 Å². The number of aryl methyl sites for hydroxylation is 1. The van der Waals surface area contributed by atoms with Crippen molar-refractivity contribution in [2.75, 3.05) is 32.1 Å². The third-order valence-corrected chi connectivity index (χ3v) is 7.95. The van der Waals surface area contributed by atoms with Gasteiger partial charge in [-0.1, -0.05) is 48.5 Å². The summed E-state index contributed by atoms with van der Waals surface area (Å²) in [5, 5.41) is 12.6. The van der Waals surface area contributed by atoms with E-state index >= 15 is 0 Å². The molecule has 1 N–H and O–H groups in total. The maximum atomic E-state index is 13.7. The number of ether oxygens (including phenoxy) is 1. The Morgan fingerprint density at radius 3 is 2.37 bits per heavy atom. The van der Waals surface area contributed by atoms with Crippen LogP contribution in [0, 0.1) is 18.4 Å². The number of aliphatic imine (C=N–C) groups is 1. The van der Waals surface area contributed by atoms with Crippen LogP contribution in [0.4, 0.5) is 5.69 Å². The van der Waals surface area contributed by atoms with Crippen LogP contribution in [0.5, 0.6) is 5.75 Å². The van der Waals surface area contributed by atoms with Gasteiger partial charge in [0.05, 0.1) is 18.0 Å². The number of anilines is 1. The Morgan fingerprint density at radius 1 is 1.03 bits per heavy atom. The second-order valence-electron chi connectivity index (χ2n) is 8.14. The lowest BCUT2D eigenvalue weighted by molar-refractivity contribution is 0.194. The van der Waals surface area contributed by atoms with E-state index in [0.717, 1.165) is 16.8 Å². The number of nitrogens with zero attached hydrogens (tertiary/aromatic N) is 4. The first kappa shape index (κ1) is 24.3. The molecule has 3 aromatic carbocycles. The molecule has 0 amide bonds. The number of hydrogen-bond donors (Lipinski definition) is 1. The molecule has 0 spiro atoms. The monoisotopic (exact) mass is 489 g/mol. The Bertz CT molecular complexity index is 1340. The molecule has 180 valence electrons. The molecule has 0 saturated carbocycles. The highest BCUT2D eigenvalue weighted by Crippen LogP contribution is 2.32. The Hall–Kier alpha value is -3.87. The Balaban J connectivity index is 1.67. The van der Waals surface area contributed by atoms with Crippen molar-refractivity contribution in [2.45, 2.75) is 17.9 Å². The average molecular weight is 490 g/mol. The van der Waals surface area contributed by atoms with E-state index in [1.54, 1.807) is 31.4 Å². The summed E-state index contributed by atoms with van der Waals surface area (Å²) in [6, 6.07) is 23.2. The van der Waals surface area contributed by atoms with Crippen molar-refractivity contribution in [3.63, 3.8) is 0 Å². The Morgan fingerprint density at radius 2 is 1.71 bits per heavy atom. The molecule has 3 aromatic rings. The maximum absolute atomic E-state index is 13.7. The van der Waals surface area contributed by atoms with Gasteiger partial charge in [-0.25, -0.2) is 8.42 Å². The van der Waals surface area contributed by atoms with E-state index in [-0.39, 0.29) is 11.4 Å². The third kappa shape index (κ3) is 5.29. The molecule has 1 atom stereocenters. The first-order valence-corrected chi connectivity index (χ1v) is 12.6. The van der Waals surface area contributed by atoms with Crippen LogP contribution < -0.4 is 10.1 Å². The molecule has 0 aliphatic carbocycles. The first-order valence-electron chi connectivity index (χ1n) is 11.2. The molecular formula is C26H27N5O3S. The normalized spacial score (nSPS) is 17.0. The summed E-state index contributed by atoms with van der Waals surface area (Å²) in [4.78, 5) is 6.16. The minimum Gasteiger partial charge on any atom is -0.497 e. The molecule has 8 nitrogen and oxygen atoms in total. The lowest BCUT2D eigenvalue weighted by Gasteiger charge is -2.41. The molecular weight excluding hydrogens is 462 g/mol. The molecule has 0 aromatic heterocycles. The number of piperazine rings is 1. The van der Waals surface area contributed by atoms with Crippen molar-refractivity contribution in [3.8, 4) is 11.9 Å². The van der Waals surface area contributed by atoms with E-state index in [4.69, 9.17) is 4.74 Å². The number of benzene rings is 3. The summed E-state index contributed by atoms with van der Waals surface area (Å²) in [7, 11) is -2.24. The number of nitriles is 1. The molecule has 9 heteroatoms. The molecule has 0 bridgehead atoms. The van der Waals surface area contributed by atoms with Gasteiger partial charge in [-0.05, 0) is 48.4 Å². The number of sulfonamides is 1. The second-order valence-corrected chi connectivity index (χ2v) is 10.0. The van der Waals surface area contributed by atoms with Gasteiger partial charge in [-0.3, -0.25) is 0 Å². The van der Waals surface area contributed by atoms with Gasteiger partial charge in [-0.2, -0.15) is 9.57 Å². The number of guanidine groups is 1. The summed E-state index contributed by atoms with van der Waals surface area (Å²) in [5.74, 6) is 0.984. The van der Waals surface area contributed by atoms with Gasteiger partial charge in [0.15, 0.2) is 0 Å². The van der Waals surface area contributed by atoms with E-state index < -0.39 is 16.1 Å².